The van der Waals surface area contributed by atoms with Gasteiger partial charge in [0, 0.05) is 24.5 Å². The average molecular weight is 445 g/mol. The molecule has 2 atom stereocenters. The van der Waals surface area contributed by atoms with E-state index in [2.05, 4.69) is 31.6 Å². The average Bonchev–Trinajstić information content (AvgIpc) is 2.78. The van der Waals surface area contributed by atoms with Crippen LogP contribution in [-0.2, 0) is 6.18 Å². The molecule has 0 spiro atoms. The van der Waals surface area contributed by atoms with Crippen LogP contribution in [0.25, 0.3) is 0 Å². The minimum absolute atomic E-state index is 0.0520. The number of aryl methyl sites for hydroxylation is 1. The van der Waals surface area contributed by atoms with Gasteiger partial charge in [0.2, 0.25) is 5.95 Å². The van der Waals surface area contributed by atoms with Gasteiger partial charge < -0.3 is 15.5 Å². The van der Waals surface area contributed by atoms with Crippen molar-refractivity contribution in [2.24, 2.45) is 5.92 Å². The lowest BCUT2D eigenvalue weighted by Crippen LogP contribution is -2.49. The third kappa shape index (κ3) is 4.96. The molecular weight excluding hydrogens is 417 g/mol. The maximum atomic E-state index is 13.6. The zero-order chi connectivity index (χ0) is 22.7. The molecule has 2 aromatic rings. The molecule has 2 aliphatic heterocycles. The summed E-state index contributed by atoms with van der Waals surface area (Å²) in [7, 11) is 0. The molecule has 0 bridgehead atoms. The number of anilines is 3. The van der Waals surface area contributed by atoms with E-state index < -0.39 is 11.7 Å². The summed E-state index contributed by atoms with van der Waals surface area (Å²) in [5.41, 5.74) is 0.969. The van der Waals surface area contributed by atoms with Gasteiger partial charge in [-0.25, -0.2) is 4.98 Å². The molecule has 0 amide bonds. The smallest absolute Gasteiger partial charge is 0.369 e. The Hall–Kier alpha value is -2.86. The second-order valence-corrected chi connectivity index (χ2v) is 8.60. The first-order valence-corrected chi connectivity index (χ1v) is 11.0. The molecule has 0 radical (unpaired) electrons. The summed E-state index contributed by atoms with van der Waals surface area (Å²) < 4.78 is 40.8. The van der Waals surface area contributed by atoms with Gasteiger partial charge in [0.1, 0.15) is 11.4 Å². The number of nitrogens with one attached hydrogen (secondary N) is 2. The maximum Gasteiger partial charge on any atom is 0.421 e. The Morgan fingerprint density at radius 2 is 2.00 bits per heavy atom. The second-order valence-electron chi connectivity index (χ2n) is 8.60. The molecule has 0 saturated carbocycles. The number of hydrogen-bond donors (Lipinski definition) is 2. The van der Waals surface area contributed by atoms with Crippen molar-refractivity contribution in [1.82, 2.24) is 14.9 Å². The molecule has 2 unspecified atom stereocenters. The fraction of sp³-hybridized carbons (Fsp3) is 0.522. The maximum absolute atomic E-state index is 13.6. The van der Waals surface area contributed by atoms with E-state index in [9.17, 15) is 18.4 Å². The Kier molecular flexibility index (Phi) is 6.51. The number of piperidine rings is 2. The van der Waals surface area contributed by atoms with Crippen LogP contribution in [0.2, 0.25) is 0 Å². The van der Waals surface area contributed by atoms with E-state index >= 15 is 0 Å². The van der Waals surface area contributed by atoms with E-state index in [0.717, 1.165) is 44.1 Å². The number of benzene rings is 1. The molecule has 1 aromatic heterocycles. The topological polar surface area (TPSA) is 76.9 Å². The first kappa shape index (κ1) is 22.3. The molecular formula is C23H27F3N6. The van der Waals surface area contributed by atoms with Crippen LogP contribution in [0.15, 0.2) is 24.4 Å². The van der Waals surface area contributed by atoms with E-state index in [1.54, 1.807) is 18.2 Å². The molecule has 170 valence electrons. The van der Waals surface area contributed by atoms with E-state index in [-0.39, 0.29) is 11.8 Å². The first-order valence-electron chi connectivity index (χ1n) is 11.0. The summed E-state index contributed by atoms with van der Waals surface area (Å²) >= 11 is 0. The van der Waals surface area contributed by atoms with Crippen LogP contribution < -0.4 is 10.6 Å². The van der Waals surface area contributed by atoms with Crippen molar-refractivity contribution in [3.05, 3.63) is 41.1 Å². The number of fused-ring (bicyclic) bond motifs is 1. The van der Waals surface area contributed by atoms with Crippen molar-refractivity contribution < 1.29 is 13.2 Å². The van der Waals surface area contributed by atoms with Crippen LogP contribution >= 0.6 is 0 Å². The number of nitrogens with zero attached hydrogens (tertiary/aromatic N) is 4. The highest BCUT2D eigenvalue weighted by Gasteiger charge is 2.37. The molecule has 32 heavy (non-hydrogen) atoms. The lowest BCUT2D eigenvalue weighted by atomic mass is 9.83. The molecule has 4 rings (SSSR count). The molecule has 2 aliphatic rings. The van der Waals surface area contributed by atoms with Gasteiger partial charge in [0.25, 0.3) is 0 Å². The standard InChI is InChI=1S/C23H27F3N6/c1-15-7-8-18(11-17(15)12-27)30-22-29-14-19(23(24,25)26)21(31-22)28-13-16-5-4-10-32-9-3-2-6-20(16)32/h7-8,11,14,16,20H,2-6,9-10,13H2,1H3,(H2,28,29,30,31). The summed E-state index contributed by atoms with van der Waals surface area (Å²) in [6.45, 7) is 4.43. The number of alkyl halides is 3. The summed E-state index contributed by atoms with van der Waals surface area (Å²) in [6, 6.07) is 7.66. The van der Waals surface area contributed by atoms with Crippen LogP contribution in [0, 0.1) is 24.2 Å². The predicted molar refractivity (Wildman–Crippen MR) is 117 cm³/mol. The Balaban J connectivity index is 1.54. The van der Waals surface area contributed by atoms with Crippen LogP contribution in [0.5, 0.6) is 0 Å². The van der Waals surface area contributed by atoms with Crippen LogP contribution in [0.4, 0.5) is 30.6 Å². The summed E-state index contributed by atoms with van der Waals surface area (Å²) in [5.74, 6) is 0.138. The minimum atomic E-state index is -4.55. The SMILES string of the molecule is Cc1ccc(Nc2ncc(C(F)(F)F)c(NCC3CCCN4CCCCC34)n2)cc1C#N. The van der Waals surface area contributed by atoms with Gasteiger partial charge in [-0.1, -0.05) is 12.5 Å². The molecule has 6 nitrogen and oxygen atoms in total. The van der Waals surface area contributed by atoms with E-state index in [4.69, 9.17) is 0 Å². The van der Waals surface area contributed by atoms with E-state index in [1.165, 1.54) is 12.8 Å². The Labute approximate surface area is 185 Å². The molecule has 3 heterocycles. The quantitative estimate of drug-likeness (QED) is 0.669. The molecule has 2 fully saturated rings. The summed E-state index contributed by atoms with van der Waals surface area (Å²) in [6.07, 6.45) is 1.81. The normalized spacial score (nSPS) is 21.5. The number of halogens is 3. The molecule has 9 heteroatoms. The van der Waals surface area contributed by atoms with Gasteiger partial charge in [-0.2, -0.15) is 23.4 Å². The van der Waals surface area contributed by atoms with E-state index in [0.29, 0.717) is 29.8 Å². The van der Waals surface area contributed by atoms with Crippen LogP contribution in [0.1, 0.15) is 48.8 Å². The van der Waals surface area contributed by atoms with Crippen LogP contribution in [0.3, 0.4) is 0 Å². The number of hydrogen-bond acceptors (Lipinski definition) is 6. The lowest BCUT2D eigenvalue weighted by Gasteiger charge is -2.44. The van der Waals surface area contributed by atoms with E-state index in [1.807, 2.05) is 6.92 Å². The van der Waals surface area contributed by atoms with Crippen molar-refractivity contribution in [3.63, 3.8) is 0 Å². The molecule has 2 saturated heterocycles. The molecule has 2 N–H and O–H groups in total. The third-order valence-corrected chi connectivity index (χ3v) is 6.47. The van der Waals surface area contributed by atoms with Gasteiger partial charge in [-0.15, -0.1) is 0 Å². The third-order valence-electron chi connectivity index (χ3n) is 6.47. The largest absolute Gasteiger partial charge is 0.421 e. The molecule has 0 aliphatic carbocycles. The first-order chi connectivity index (χ1) is 15.3. The fourth-order valence-corrected chi connectivity index (χ4v) is 4.78. The number of aromatic nitrogens is 2. The van der Waals surface area contributed by atoms with Crippen molar-refractivity contribution in [1.29, 1.82) is 5.26 Å². The number of rotatable bonds is 5. The second kappa shape index (κ2) is 9.33. The highest BCUT2D eigenvalue weighted by Crippen LogP contribution is 2.35. The van der Waals surface area contributed by atoms with Gasteiger partial charge in [0.05, 0.1) is 11.6 Å². The van der Waals surface area contributed by atoms with Gasteiger partial charge in [-0.3, -0.25) is 0 Å². The summed E-state index contributed by atoms with van der Waals surface area (Å²) in [5, 5.41) is 15.1. The Bertz CT molecular complexity index is 998. The summed E-state index contributed by atoms with van der Waals surface area (Å²) in [4.78, 5) is 10.5. The van der Waals surface area contributed by atoms with Gasteiger partial charge >= 0.3 is 6.18 Å². The molecule has 1 aromatic carbocycles. The monoisotopic (exact) mass is 444 g/mol. The lowest BCUT2D eigenvalue weighted by molar-refractivity contribution is -0.137. The fourth-order valence-electron chi connectivity index (χ4n) is 4.78. The number of nitriles is 1. The van der Waals surface area contributed by atoms with Gasteiger partial charge in [0.15, 0.2) is 0 Å². The minimum Gasteiger partial charge on any atom is -0.369 e. The van der Waals surface area contributed by atoms with Crippen molar-refractivity contribution >= 4 is 17.5 Å². The Morgan fingerprint density at radius 1 is 1.19 bits per heavy atom. The van der Waals surface area contributed by atoms with Crippen molar-refractivity contribution in [2.75, 3.05) is 30.3 Å². The van der Waals surface area contributed by atoms with Crippen LogP contribution in [-0.4, -0.2) is 40.5 Å². The zero-order valence-corrected chi connectivity index (χ0v) is 18.0. The predicted octanol–water partition coefficient (Wildman–Crippen LogP) is 5.10. The highest BCUT2D eigenvalue weighted by molar-refractivity contribution is 5.60. The van der Waals surface area contributed by atoms with Gasteiger partial charge in [-0.05, 0) is 69.3 Å². The van der Waals surface area contributed by atoms with Crippen molar-refractivity contribution in [3.8, 4) is 6.07 Å². The zero-order valence-electron chi connectivity index (χ0n) is 18.0. The van der Waals surface area contributed by atoms with Crippen molar-refractivity contribution in [2.45, 2.75) is 51.2 Å². The highest BCUT2D eigenvalue weighted by atomic mass is 19.4. The Morgan fingerprint density at radius 3 is 2.78 bits per heavy atom.